The number of carbonyl (C=O) groups excluding carboxylic acids is 2. The van der Waals surface area contributed by atoms with Gasteiger partial charge in [0.1, 0.15) is 5.75 Å². The molecule has 1 aromatic heterocycles. The van der Waals surface area contributed by atoms with Crippen molar-refractivity contribution in [3.8, 4) is 16.9 Å². The predicted octanol–water partition coefficient (Wildman–Crippen LogP) is 5.91. The average Bonchev–Trinajstić information content (AvgIpc) is 3.39. The van der Waals surface area contributed by atoms with E-state index in [1.165, 1.54) is 11.3 Å². The number of methoxy groups -OCH3 is 1. The maximum Gasteiger partial charge on any atom is 0.256 e. The summed E-state index contributed by atoms with van der Waals surface area (Å²) in [5, 5.41) is 9.59. The molecule has 0 saturated carbocycles. The number of benzene rings is 3. The van der Waals surface area contributed by atoms with E-state index in [9.17, 15) is 9.59 Å². The quantitative estimate of drug-likeness (QED) is 0.363. The van der Waals surface area contributed by atoms with E-state index in [2.05, 4.69) is 10.6 Å². The van der Waals surface area contributed by atoms with Gasteiger partial charge >= 0.3 is 0 Å². The van der Waals surface area contributed by atoms with Crippen molar-refractivity contribution in [2.24, 2.45) is 0 Å². The lowest BCUT2D eigenvalue weighted by molar-refractivity contribution is 0.0950. The zero-order valence-corrected chi connectivity index (χ0v) is 19.2. The van der Waals surface area contributed by atoms with Crippen molar-refractivity contribution in [3.05, 3.63) is 106 Å². The minimum Gasteiger partial charge on any atom is -0.497 e. The van der Waals surface area contributed by atoms with Crippen LogP contribution in [0.4, 0.5) is 5.69 Å². The third kappa shape index (κ3) is 5.48. The third-order valence-electron chi connectivity index (χ3n) is 5.32. The number of hydrogen-bond acceptors (Lipinski definition) is 4. The Kier molecular flexibility index (Phi) is 6.86. The van der Waals surface area contributed by atoms with Gasteiger partial charge in [0.15, 0.2) is 0 Å². The normalized spacial score (nSPS) is 10.5. The number of thiophene rings is 1. The first kappa shape index (κ1) is 22.3. The molecule has 0 saturated heterocycles. The first-order chi connectivity index (χ1) is 16.0. The van der Waals surface area contributed by atoms with Gasteiger partial charge in [0.2, 0.25) is 0 Å². The van der Waals surface area contributed by atoms with E-state index in [0.717, 1.165) is 33.7 Å². The van der Waals surface area contributed by atoms with E-state index in [-0.39, 0.29) is 11.8 Å². The van der Waals surface area contributed by atoms with Crippen LogP contribution in [0, 0.1) is 6.92 Å². The maximum absolute atomic E-state index is 12.6. The second-order valence-corrected chi connectivity index (χ2v) is 8.39. The molecule has 4 rings (SSSR count). The highest BCUT2D eigenvalue weighted by atomic mass is 32.1. The lowest BCUT2D eigenvalue weighted by atomic mass is 9.98. The third-order valence-corrected chi connectivity index (χ3v) is 6.01. The highest BCUT2D eigenvalue weighted by Gasteiger charge is 2.10. The van der Waals surface area contributed by atoms with Crippen LogP contribution in [0.2, 0.25) is 0 Å². The zero-order valence-electron chi connectivity index (χ0n) is 18.4. The molecule has 2 N–H and O–H groups in total. The highest BCUT2D eigenvalue weighted by molar-refractivity contribution is 7.08. The van der Waals surface area contributed by atoms with Crippen molar-refractivity contribution in [3.63, 3.8) is 0 Å². The summed E-state index contributed by atoms with van der Waals surface area (Å²) in [4.78, 5) is 25.0. The van der Waals surface area contributed by atoms with Gasteiger partial charge in [0.25, 0.3) is 11.8 Å². The minimum absolute atomic E-state index is 0.130. The van der Waals surface area contributed by atoms with Crippen LogP contribution in [0.5, 0.6) is 5.75 Å². The summed E-state index contributed by atoms with van der Waals surface area (Å²) in [6.45, 7) is 2.44. The van der Waals surface area contributed by atoms with Gasteiger partial charge in [-0.2, -0.15) is 11.3 Å². The molecular weight excluding hydrogens is 432 g/mol. The number of amides is 2. The van der Waals surface area contributed by atoms with Gasteiger partial charge in [-0.25, -0.2) is 0 Å². The summed E-state index contributed by atoms with van der Waals surface area (Å²) in [7, 11) is 1.62. The van der Waals surface area contributed by atoms with Gasteiger partial charge in [-0.3, -0.25) is 9.59 Å². The van der Waals surface area contributed by atoms with Gasteiger partial charge in [0, 0.05) is 23.2 Å². The molecular formula is C27H24N2O3S. The van der Waals surface area contributed by atoms with Crippen LogP contribution in [0.1, 0.15) is 31.8 Å². The Bertz CT molecular complexity index is 1270. The highest BCUT2D eigenvalue weighted by Crippen LogP contribution is 2.27. The summed E-state index contributed by atoms with van der Waals surface area (Å²) in [6.07, 6.45) is 0. The average molecular weight is 457 g/mol. The number of ether oxygens (including phenoxy) is 1. The smallest absolute Gasteiger partial charge is 0.256 e. The van der Waals surface area contributed by atoms with Crippen LogP contribution in [0.25, 0.3) is 11.1 Å². The van der Waals surface area contributed by atoms with Crippen molar-refractivity contribution in [2.75, 3.05) is 12.4 Å². The molecule has 0 radical (unpaired) electrons. The topological polar surface area (TPSA) is 67.4 Å². The fourth-order valence-electron chi connectivity index (χ4n) is 3.48. The van der Waals surface area contributed by atoms with Crippen molar-refractivity contribution < 1.29 is 14.3 Å². The lowest BCUT2D eigenvalue weighted by Gasteiger charge is -2.11. The van der Waals surface area contributed by atoms with Crippen LogP contribution in [-0.2, 0) is 6.54 Å². The molecule has 0 spiro atoms. The minimum atomic E-state index is -0.141. The van der Waals surface area contributed by atoms with Crippen molar-refractivity contribution in [1.29, 1.82) is 0 Å². The summed E-state index contributed by atoms with van der Waals surface area (Å²) >= 11 is 1.49. The van der Waals surface area contributed by atoms with E-state index < -0.39 is 0 Å². The first-order valence-corrected chi connectivity index (χ1v) is 11.4. The number of aryl methyl sites for hydroxylation is 1. The summed E-state index contributed by atoms with van der Waals surface area (Å²) in [6, 6.07) is 22.7. The van der Waals surface area contributed by atoms with Crippen LogP contribution < -0.4 is 15.4 Å². The van der Waals surface area contributed by atoms with E-state index in [0.29, 0.717) is 17.7 Å². The molecule has 166 valence electrons. The predicted molar refractivity (Wildman–Crippen MR) is 133 cm³/mol. The molecule has 0 aliphatic carbocycles. The summed E-state index contributed by atoms with van der Waals surface area (Å²) in [5.74, 6) is 0.488. The van der Waals surface area contributed by atoms with Gasteiger partial charge in [-0.05, 0) is 77.0 Å². The number of rotatable bonds is 7. The standard InChI is InChI=1S/C27H24N2O3S/c1-18-6-11-23(29-27(31)22-12-13-33-17-22)15-25(18)20-7-9-21(10-8-20)26(30)28-16-19-4-3-5-24(14-19)32-2/h3-15,17H,16H2,1-2H3,(H,28,30)(H,29,31). The van der Waals surface area contributed by atoms with E-state index >= 15 is 0 Å². The van der Waals surface area contributed by atoms with E-state index in [1.54, 1.807) is 13.2 Å². The summed E-state index contributed by atoms with van der Waals surface area (Å²) in [5.41, 5.74) is 5.99. The SMILES string of the molecule is COc1cccc(CNC(=O)c2ccc(-c3cc(NC(=O)c4ccsc4)ccc3C)cc2)c1. The molecule has 3 aromatic carbocycles. The first-order valence-electron chi connectivity index (χ1n) is 10.5. The molecule has 4 aromatic rings. The summed E-state index contributed by atoms with van der Waals surface area (Å²) < 4.78 is 5.22. The number of hydrogen-bond donors (Lipinski definition) is 2. The van der Waals surface area contributed by atoms with E-state index in [1.807, 2.05) is 84.4 Å². The number of carbonyl (C=O) groups is 2. The largest absolute Gasteiger partial charge is 0.497 e. The van der Waals surface area contributed by atoms with Crippen LogP contribution in [-0.4, -0.2) is 18.9 Å². The van der Waals surface area contributed by atoms with E-state index in [4.69, 9.17) is 4.74 Å². The van der Waals surface area contributed by atoms with Crippen LogP contribution >= 0.6 is 11.3 Å². The second-order valence-electron chi connectivity index (χ2n) is 7.61. The molecule has 1 heterocycles. The maximum atomic E-state index is 12.6. The Balaban J connectivity index is 1.44. The molecule has 33 heavy (non-hydrogen) atoms. The molecule has 0 unspecified atom stereocenters. The van der Waals surface area contributed by atoms with Crippen LogP contribution in [0.3, 0.4) is 0 Å². The van der Waals surface area contributed by atoms with Gasteiger partial charge < -0.3 is 15.4 Å². The molecule has 0 aliphatic rings. The Morgan fingerprint density at radius 3 is 2.45 bits per heavy atom. The van der Waals surface area contributed by atoms with Crippen LogP contribution in [0.15, 0.2) is 83.6 Å². The molecule has 0 fully saturated rings. The van der Waals surface area contributed by atoms with Crippen molar-refractivity contribution >= 4 is 28.8 Å². The second kappa shape index (κ2) is 10.1. The molecule has 0 bridgehead atoms. The zero-order chi connectivity index (χ0) is 23.2. The number of anilines is 1. The molecule has 0 aliphatic heterocycles. The van der Waals surface area contributed by atoms with Crippen molar-refractivity contribution in [1.82, 2.24) is 5.32 Å². The Morgan fingerprint density at radius 1 is 0.909 bits per heavy atom. The Hall–Kier alpha value is -3.90. The van der Waals surface area contributed by atoms with Gasteiger partial charge in [-0.15, -0.1) is 0 Å². The fraction of sp³-hybridized carbons (Fsp3) is 0.111. The van der Waals surface area contributed by atoms with Gasteiger partial charge in [-0.1, -0.05) is 30.3 Å². The fourth-order valence-corrected chi connectivity index (χ4v) is 4.11. The molecule has 0 atom stereocenters. The lowest BCUT2D eigenvalue weighted by Crippen LogP contribution is -2.22. The van der Waals surface area contributed by atoms with Crippen molar-refractivity contribution in [2.45, 2.75) is 13.5 Å². The Labute approximate surface area is 197 Å². The molecule has 5 nitrogen and oxygen atoms in total. The molecule has 6 heteroatoms. The molecule has 2 amide bonds. The number of nitrogens with one attached hydrogen (secondary N) is 2. The van der Waals surface area contributed by atoms with Gasteiger partial charge in [0.05, 0.1) is 12.7 Å². The Morgan fingerprint density at radius 2 is 1.73 bits per heavy atom. The monoisotopic (exact) mass is 456 g/mol.